The third-order valence-corrected chi connectivity index (χ3v) is 1.94. The van der Waals surface area contributed by atoms with E-state index in [4.69, 9.17) is 9.52 Å². The summed E-state index contributed by atoms with van der Waals surface area (Å²) in [6.45, 7) is 4.04. The fraction of sp³-hybridized carbons (Fsp3) is 0.444. The van der Waals surface area contributed by atoms with Gasteiger partial charge in [-0.25, -0.2) is 4.79 Å². The van der Waals surface area contributed by atoms with E-state index in [1.165, 1.54) is 6.07 Å². The standard InChI is InChI=1S/C9H12O3/c1-3-6(2)7-4-5-8(12-7)9(10)11/h4-6H,3H2,1-2H3,(H,10,11). The van der Waals surface area contributed by atoms with E-state index >= 15 is 0 Å². The predicted octanol–water partition coefficient (Wildman–Crippen LogP) is 2.49. The molecule has 1 rings (SSSR count). The maximum absolute atomic E-state index is 10.4. The van der Waals surface area contributed by atoms with Crippen LogP contribution in [0.4, 0.5) is 0 Å². The SMILES string of the molecule is CCC(C)c1ccc(C(=O)O)o1. The highest BCUT2D eigenvalue weighted by molar-refractivity contribution is 5.84. The normalized spacial score (nSPS) is 12.8. The molecule has 0 aliphatic rings. The number of carboxylic acid groups (broad SMARTS) is 1. The zero-order valence-corrected chi connectivity index (χ0v) is 7.20. The molecule has 1 heterocycles. The van der Waals surface area contributed by atoms with Crippen molar-refractivity contribution in [1.29, 1.82) is 0 Å². The fourth-order valence-electron chi connectivity index (χ4n) is 0.934. The number of furan rings is 1. The highest BCUT2D eigenvalue weighted by atomic mass is 16.4. The minimum absolute atomic E-state index is 0.0188. The zero-order chi connectivity index (χ0) is 9.14. The average molecular weight is 168 g/mol. The first-order valence-corrected chi connectivity index (χ1v) is 3.98. The van der Waals surface area contributed by atoms with Crippen molar-refractivity contribution < 1.29 is 14.3 Å². The molecule has 0 aromatic carbocycles. The van der Waals surface area contributed by atoms with Gasteiger partial charge >= 0.3 is 5.97 Å². The lowest BCUT2D eigenvalue weighted by Gasteiger charge is -2.02. The molecule has 1 atom stereocenters. The molecule has 1 aromatic rings. The summed E-state index contributed by atoms with van der Waals surface area (Å²) < 4.78 is 5.10. The van der Waals surface area contributed by atoms with Crippen LogP contribution in [0.5, 0.6) is 0 Å². The number of hydrogen-bond acceptors (Lipinski definition) is 2. The highest BCUT2D eigenvalue weighted by Crippen LogP contribution is 2.20. The van der Waals surface area contributed by atoms with Gasteiger partial charge in [-0.2, -0.15) is 0 Å². The second-order valence-electron chi connectivity index (χ2n) is 2.82. The molecule has 66 valence electrons. The van der Waals surface area contributed by atoms with Gasteiger partial charge in [0.2, 0.25) is 5.76 Å². The summed E-state index contributed by atoms with van der Waals surface area (Å²) in [4.78, 5) is 10.4. The van der Waals surface area contributed by atoms with Crippen LogP contribution in [-0.4, -0.2) is 11.1 Å². The molecule has 1 unspecified atom stereocenters. The molecule has 0 fully saturated rings. The molecular weight excluding hydrogens is 156 g/mol. The van der Waals surface area contributed by atoms with Crippen LogP contribution in [0.2, 0.25) is 0 Å². The van der Waals surface area contributed by atoms with Gasteiger partial charge < -0.3 is 9.52 Å². The van der Waals surface area contributed by atoms with Crippen molar-refractivity contribution in [1.82, 2.24) is 0 Å². The Balaban J connectivity index is 2.84. The van der Waals surface area contributed by atoms with E-state index in [9.17, 15) is 4.79 Å². The average Bonchev–Trinajstić information content (AvgIpc) is 2.51. The summed E-state index contributed by atoms with van der Waals surface area (Å²) in [6.07, 6.45) is 0.951. The molecule has 1 N–H and O–H groups in total. The van der Waals surface area contributed by atoms with Gasteiger partial charge in [0, 0.05) is 5.92 Å². The Kier molecular flexibility index (Phi) is 2.53. The summed E-state index contributed by atoms with van der Waals surface area (Å²) in [5, 5.41) is 8.56. The van der Waals surface area contributed by atoms with Crippen LogP contribution in [-0.2, 0) is 0 Å². The topological polar surface area (TPSA) is 50.4 Å². The second-order valence-corrected chi connectivity index (χ2v) is 2.82. The van der Waals surface area contributed by atoms with Gasteiger partial charge in [0.15, 0.2) is 0 Å². The summed E-state index contributed by atoms with van der Waals surface area (Å²) in [6, 6.07) is 3.21. The molecular formula is C9H12O3. The van der Waals surface area contributed by atoms with Crippen molar-refractivity contribution in [2.24, 2.45) is 0 Å². The van der Waals surface area contributed by atoms with E-state index in [0.29, 0.717) is 0 Å². The third kappa shape index (κ3) is 1.67. The Morgan fingerprint density at radius 3 is 2.75 bits per heavy atom. The Morgan fingerprint density at radius 1 is 1.67 bits per heavy atom. The maximum atomic E-state index is 10.4. The minimum Gasteiger partial charge on any atom is -0.475 e. The summed E-state index contributed by atoms with van der Waals surface area (Å²) in [5.41, 5.74) is 0. The molecule has 0 aliphatic carbocycles. The molecule has 3 heteroatoms. The lowest BCUT2D eigenvalue weighted by molar-refractivity contribution is 0.0660. The minimum atomic E-state index is -1.01. The largest absolute Gasteiger partial charge is 0.475 e. The van der Waals surface area contributed by atoms with Gasteiger partial charge in [-0.3, -0.25) is 0 Å². The van der Waals surface area contributed by atoms with Crippen molar-refractivity contribution in [2.45, 2.75) is 26.2 Å². The van der Waals surface area contributed by atoms with E-state index in [1.807, 2.05) is 13.8 Å². The molecule has 0 saturated heterocycles. The number of hydrogen-bond donors (Lipinski definition) is 1. The van der Waals surface area contributed by atoms with Crippen LogP contribution >= 0.6 is 0 Å². The van der Waals surface area contributed by atoms with Crippen molar-refractivity contribution in [3.63, 3.8) is 0 Å². The Morgan fingerprint density at radius 2 is 2.33 bits per heavy atom. The van der Waals surface area contributed by atoms with Crippen LogP contribution in [0, 0.1) is 0 Å². The molecule has 12 heavy (non-hydrogen) atoms. The Labute approximate surface area is 71.0 Å². The molecule has 0 saturated carbocycles. The smallest absolute Gasteiger partial charge is 0.371 e. The quantitative estimate of drug-likeness (QED) is 0.754. The van der Waals surface area contributed by atoms with E-state index in [1.54, 1.807) is 6.07 Å². The van der Waals surface area contributed by atoms with Gasteiger partial charge in [-0.1, -0.05) is 13.8 Å². The second kappa shape index (κ2) is 3.43. The van der Waals surface area contributed by atoms with Crippen molar-refractivity contribution in [3.8, 4) is 0 Å². The van der Waals surface area contributed by atoms with Crippen molar-refractivity contribution in [2.75, 3.05) is 0 Å². The van der Waals surface area contributed by atoms with Crippen LogP contribution < -0.4 is 0 Å². The first-order valence-electron chi connectivity index (χ1n) is 3.98. The monoisotopic (exact) mass is 168 g/mol. The van der Waals surface area contributed by atoms with Crippen LogP contribution in [0.25, 0.3) is 0 Å². The van der Waals surface area contributed by atoms with Crippen LogP contribution in [0.15, 0.2) is 16.5 Å². The van der Waals surface area contributed by atoms with Gasteiger partial charge in [-0.05, 0) is 18.6 Å². The first-order chi connectivity index (χ1) is 5.65. The fourth-order valence-corrected chi connectivity index (χ4v) is 0.934. The highest BCUT2D eigenvalue weighted by Gasteiger charge is 2.12. The lowest BCUT2D eigenvalue weighted by atomic mass is 10.1. The Bertz CT molecular complexity index is 275. The molecule has 0 amide bonds. The van der Waals surface area contributed by atoms with Crippen LogP contribution in [0.3, 0.4) is 0 Å². The Hall–Kier alpha value is -1.25. The predicted molar refractivity (Wildman–Crippen MR) is 44.4 cm³/mol. The van der Waals surface area contributed by atoms with Crippen molar-refractivity contribution >= 4 is 5.97 Å². The van der Waals surface area contributed by atoms with E-state index in [-0.39, 0.29) is 11.7 Å². The zero-order valence-electron chi connectivity index (χ0n) is 7.20. The summed E-state index contributed by atoms with van der Waals surface area (Å²) in [7, 11) is 0. The van der Waals surface area contributed by atoms with E-state index in [0.717, 1.165) is 12.2 Å². The van der Waals surface area contributed by atoms with E-state index in [2.05, 4.69) is 0 Å². The molecule has 0 bridgehead atoms. The number of aromatic carboxylic acids is 1. The molecule has 0 radical (unpaired) electrons. The van der Waals surface area contributed by atoms with Gasteiger partial charge in [0.05, 0.1) is 0 Å². The number of carboxylic acids is 1. The summed E-state index contributed by atoms with van der Waals surface area (Å²) >= 11 is 0. The lowest BCUT2D eigenvalue weighted by Crippen LogP contribution is -1.93. The molecule has 3 nitrogen and oxygen atoms in total. The van der Waals surface area contributed by atoms with Gasteiger partial charge in [-0.15, -0.1) is 0 Å². The maximum Gasteiger partial charge on any atom is 0.371 e. The van der Waals surface area contributed by atoms with Crippen LogP contribution in [0.1, 0.15) is 42.5 Å². The van der Waals surface area contributed by atoms with Gasteiger partial charge in [0.1, 0.15) is 5.76 Å². The molecule has 1 aromatic heterocycles. The third-order valence-electron chi connectivity index (χ3n) is 1.94. The molecule has 0 spiro atoms. The first kappa shape index (κ1) is 8.84. The molecule has 0 aliphatic heterocycles. The number of carbonyl (C=O) groups is 1. The van der Waals surface area contributed by atoms with E-state index < -0.39 is 5.97 Å². The van der Waals surface area contributed by atoms with Gasteiger partial charge in [0.25, 0.3) is 0 Å². The number of rotatable bonds is 3. The van der Waals surface area contributed by atoms with Crippen molar-refractivity contribution in [3.05, 3.63) is 23.7 Å². The summed E-state index contributed by atoms with van der Waals surface area (Å²) in [5.74, 6) is 0.0443.